The molecule has 0 unspecified atom stereocenters. The normalized spacial score (nSPS) is 15.0. The van der Waals surface area contributed by atoms with Crippen LogP contribution in [0.25, 0.3) is 0 Å². The van der Waals surface area contributed by atoms with Crippen LogP contribution in [0.4, 0.5) is 0 Å². The van der Waals surface area contributed by atoms with Gasteiger partial charge in [0.25, 0.3) is 0 Å². The highest BCUT2D eigenvalue weighted by molar-refractivity contribution is 5.94. The van der Waals surface area contributed by atoms with E-state index in [0.29, 0.717) is 18.2 Å². The third kappa shape index (κ3) is 4.72. The van der Waals surface area contributed by atoms with E-state index < -0.39 is 0 Å². The molecule has 1 aromatic carbocycles. The van der Waals surface area contributed by atoms with E-state index >= 15 is 0 Å². The maximum atomic E-state index is 8.98. The van der Waals surface area contributed by atoms with Gasteiger partial charge < -0.3 is 15.6 Å². The van der Waals surface area contributed by atoms with Crippen molar-refractivity contribution in [1.82, 2.24) is 4.90 Å². The van der Waals surface area contributed by atoms with E-state index in [1.54, 1.807) is 12.1 Å². The molecule has 0 aromatic heterocycles. The van der Waals surface area contributed by atoms with Crippen LogP contribution in [0.5, 0.6) is 5.75 Å². The van der Waals surface area contributed by atoms with Gasteiger partial charge in [-0.2, -0.15) is 0 Å². The lowest BCUT2D eigenvalue weighted by Crippen LogP contribution is -2.43. The molecule has 1 aliphatic carbocycles. The highest BCUT2D eigenvalue weighted by Crippen LogP contribution is 2.24. The Morgan fingerprint density at radius 3 is 2.52 bits per heavy atom. The maximum Gasteiger partial charge on any atom is 0.122 e. The summed E-state index contributed by atoms with van der Waals surface area (Å²) in [6.45, 7) is 2.71. The first-order valence-electron chi connectivity index (χ1n) is 7.63. The topological polar surface area (TPSA) is 82.6 Å². The number of benzene rings is 1. The number of rotatable bonds is 9. The summed E-state index contributed by atoms with van der Waals surface area (Å²) in [5, 5.41) is 16.3. The van der Waals surface area contributed by atoms with E-state index in [1.807, 2.05) is 12.1 Å². The van der Waals surface area contributed by atoms with Crippen molar-refractivity contribution in [2.45, 2.75) is 31.7 Å². The molecule has 21 heavy (non-hydrogen) atoms. The summed E-state index contributed by atoms with van der Waals surface area (Å²) in [5.41, 5.74) is 6.13. The van der Waals surface area contributed by atoms with Crippen LogP contribution >= 0.6 is 0 Å². The molecule has 1 aromatic rings. The first-order chi connectivity index (χ1) is 10.2. The highest BCUT2D eigenvalue weighted by Gasteiger charge is 2.24. The Labute approximate surface area is 126 Å². The van der Waals surface area contributed by atoms with Crippen LogP contribution in [0, 0.1) is 5.41 Å². The number of aliphatic hydroxyl groups excluding tert-OH is 1. The van der Waals surface area contributed by atoms with Crippen LogP contribution < -0.4 is 10.5 Å². The van der Waals surface area contributed by atoms with Crippen LogP contribution in [0.1, 0.15) is 31.2 Å². The molecule has 2 rings (SSSR count). The number of nitrogens with two attached hydrogens (primary N) is 1. The Morgan fingerprint density at radius 2 is 2.00 bits per heavy atom. The highest BCUT2D eigenvalue weighted by atomic mass is 16.5. The van der Waals surface area contributed by atoms with Gasteiger partial charge in [-0.15, -0.1) is 0 Å². The average molecular weight is 291 g/mol. The van der Waals surface area contributed by atoms with Gasteiger partial charge in [0, 0.05) is 31.3 Å². The predicted molar refractivity (Wildman–Crippen MR) is 83.9 cm³/mol. The standard InChI is InChI=1S/C16H25N3O2/c17-16(18)13-5-7-15(8-6-13)21-12-10-19(9-2-11-20)14-3-1-4-14/h5-8,14,20H,1-4,9-12H2,(H3,17,18). The number of nitrogens with one attached hydrogen (secondary N) is 1. The Kier molecular flexibility index (Phi) is 6.02. The lowest BCUT2D eigenvalue weighted by atomic mass is 9.91. The molecule has 0 aliphatic heterocycles. The van der Waals surface area contributed by atoms with Crippen LogP contribution in [-0.2, 0) is 0 Å². The SMILES string of the molecule is N=C(N)c1ccc(OCCN(CCCO)C2CCC2)cc1. The second kappa shape index (κ2) is 8.00. The number of nitrogens with zero attached hydrogens (tertiary/aromatic N) is 1. The van der Waals surface area contributed by atoms with E-state index in [0.717, 1.165) is 25.3 Å². The minimum Gasteiger partial charge on any atom is -0.492 e. The summed E-state index contributed by atoms with van der Waals surface area (Å²) in [5.74, 6) is 0.873. The summed E-state index contributed by atoms with van der Waals surface area (Å²) in [6, 6.07) is 7.96. The molecule has 0 amide bonds. The maximum absolute atomic E-state index is 8.98. The number of ether oxygens (including phenoxy) is 1. The third-order valence-corrected chi connectivity index (χ3v) is 4.01. The van der Waals surface area contributed by atoms with Crippen molar-refractivity contribution in [1.29, 1.82) is 5.41 Å². The number of amidine groups is 1. The van der Waals surface area contributed by atoms with Gasteiger partial charge >= 0.3 is 0 Å². The summed E-state index contributed by atoms with van der Waals surface area (Å²) in [6.07, 6.45) is 4.66. The van der Waals surface area contributed by atoms with Crippen molar-refractivity contribution in [3.8, 4) is 5.75 Å². The van der Waals surface area contributed by atoms with Gasteiger partial charge in [-0.1, -0.05) is 6.42 Å². The minimum absolute atomic E-state index is 0.0710. The molecule has 1 aliphatic rings. The van der Waals surface area contributed by atoms with E-state index in [2.05, 4.69) is 4.90 Å². The first-order valence-corrected chi connectivity index (χ1v) is 7.63. The molecule has 116 valence electrons. The van der Waals surface area contributed by atoms with E-state index in [9.17, 15) is 0 Å². The molecule has 1 saturated carbocycles. The molecule has 0 heterocycles. The Morgan fingerprint density at radius 1 is 1.29 bits per heavy atom. The summed E-state index contributed by atoms with van der Waals surface area (Å²) in [4.78, 5) is 2.42. The van der Waals surface area contributed by atoms with Crippen molar-refractivity contribution in [3.63, 3.8) is 0 Å². The third-order valence-electron chi connectivity index (χ3n) is 4.01. The quantitative estimate of drug-likeness (QED) is 0.476. The number of hydrogen-bond acceptors (Lipinski definition) is 4. The molecule has 4 N–H and O–H groups in total. The molecule has 0 atom stereocenters. The van der Waals surface area contributed by atoms with Crippen molar-refractivity contribution < 1.29 is 9.84 Å². The Bertz CT molecular complexity index is 443. The largest absolute Gasteiger partial charge is 0.492 e. The zero-order valence-corrected chi connectivity index (χ0v) is 12.4. The van der Waals surface area contributed by atoms with E-state index in [4.69, 9.17) is 21.0 Å². The van der Waals surface area contributed by atoms with Crippen molar-refractivity contribution >= 4 is 5.84 Å². The van der Waals surface area contributed by atoms with Crippen LogP contribution in [0.15, 0.2) is 24.3 Å². The lowest BCUT2D eigenvalue weighted by Gasteiger charge is -2.37. The molecule has 5 heteroatoms. The zero-order chi connectivity index (χ0) is 15.1. The Balaban J connectivity index is 1.76. The van der Waals surface area contributed by atoms with Gasteiger partial charge in [0.15, 0.2) is 0 Å². The van der Waals surface area contributed by atoms with Gasteiger partial charge in [-0.05, 0) is 43.5 Å². The fourth-order valence-electron chi connectivity index (χ4n) is 2.51. The van der Waals surface area contributed by atoms with E-state index in [1.165, 1.54) is 19.3 Å². The van der Waals surface area contributed by atoms with Crippen LogP contribution in [-0.4, -0.2) is 48.2 Å². The average Bonchev–Trinajstić information content (AvgIpc) is 2.43. The number of hydrogen-bond donors (Lipinski definition) is 3. The molecule has 0 bridgehead atoms. The fraction of sp³-hybridized carbons (Fsp3) is 0.562. The van der Waals surface area contributed by atoms with Gasteiger partial charge in [-0.25, -0.2) is 0 Å². The molecule has 0 saturated heterocycles. The second-order valence-corrected chi connectivity index (χ2v) is 5.48. The summed E-state index contributed by atoms with van der Waals surface area (Å²) >= 11 is 0. The number of aliphatic hydroxyl groups is 1. The molecular formula is C16H25N3O2. The summed E-state index contributed by atoms with van der Waals surface area (Å²) in [7, 11) is 0. The molecular weight excluding hydrogens is 266 g/mol. The zero-order valence-electron chi connectivity index (χ0n) is 12.4. The van der Waals surface area contributed by atoms with E-state index in [-0.39, 0.29) is 12.4 Å². The van der Waals surface area contributed by atoms with Gasteiger partial charge in [0.2, 0.25) is 0 Å². The van der Waals surface area contributed by atoms with Gasteiger partial charge in [0.05, 0.1) is 0 Å². The van der Waals surface area contributed by atoms with Crippen molar-refractivity contribution in [2.24, 2.45) is 5.73 Å². The lowest BCUT2D eigenvalue weighted by molar-refractivity contribution is 0.0984. The number of nitrogen functional groups attached to an aromatic ring is 1. The smallest absolute Gasteiger partial charge is 0.122 e. The minimum atomic E-state index is 0.0710. The molecule has 5 nitrogen and oxygen atoms in total. The first kappa shape index (κ1) is 15.8. The fourth-order valence-corrected chi connectivity index (χ4v) is 2.51. The van der Waals surface area contributed by atoms with Crippen LogP contribution in [0.3, 0.4) is 0 Å². The van der Waals surface area contributed by atoms with Gasteiger partial charge in [0.1, 0.15) is 18.2 Å². The Hall–Kier alpha value is -1.59. The van der Waals surface area contributed by atoms with Crippen LogP contribution in [0.2, 0.25) is 0 Å². The predicted octanol–water partition coefficient (Wildman–Crippen LogP) is 1.59. The molecule has 0 radical (unpaired) electrons. The summed E-state index contributed by atoms with van der Waals surface area (Å²) < 4.78 is 5.75. The second-order valence-electron chi connectivity index (χ2n) is 5.48. The molecule has 0 spiro atoms. The monoisotopic (exact) mass is 291 g/mol. The van der Waals surface area contributed by atoms with Gasteiger partial charge in [-0.3, -0.25) is 10.3 Å². The van der Waals surface area contributed by atoms with Crippen molar-refractivity contribution in [3.05, 3.63) is 29.8 Å². The molecule has 1 fully saturated rings. The van der Waals surface area contributed by atoms with Crippen molar-refractivity contribution in [2.75, 3.05) is 26.3 Å².